The molecule has 6 heteroatoms. The van der Waals surface area contributed by atoms with E-state index in [1.165, 1.54) is 0 Å². The van der Waals surface area contributed by atoms with E-state index in [9.17, 15) is 4.79 Å². The van der Waals surface area contributed by atoms with Crippen LogP contribution < -0.4 is 5.32 Å². The van der Waals surface area contributed by atoms with Gasteiger partial charge in [0, 0.05) is 43.0 Å². The van der Waals surface area contributed by atoms with E-state index in [0.29, 0.717) is 18.3 Å². The summed E-state index contributed by atoms with van der Waals surface area (Å²) in [5.41, 5.74) is 1.89. The molecule has 0 spiro atoms. The number of nitrogens with one attached hydrogen (secondary N) is 1. The molecule has 4 rings (SSSR count). The van der Waals surface area contributed by atoms with Crippen molar-refractivity contribution in [1.29, 1.82) is 0 Å². The number of benzene rings is 1. The predicted octanol–water partition coefficient (Wildman–Crippen LogP) is 3.46. The Morgan fingerprint density at radius 3 is 2.73 bits per heavy atom. The standard InChI is InChI=1S/C20H16N4O2/c25-20(23-13-15-5-2-1-3-6-15)17-8-9-18(26-17)24-12-11-22-19(24)16-7-4-10-21-14-16/h1-12,14H,13H2,(H,23,25). The van der Waals surface area contributed by atoms with E-state index in [0.717, 1.165) is 11.1 Å². The second-order valence-electron chi connectivity index (χ2n) is 5.67. The molecule has 0 aliphatic carbocycles. The van der Waals surface area contributed by atoms with Gasteiger partial charge in [-0.1, -0.05) is 30.3 Å². The summed E-state index contributed by atoms with van der Waals surface area (Å²) in [5.74, 6) is 1.21. The minimum atomic E-state index is -0.261. The first-order valence-electron chi connectivity index (χ1n) is 8.17. The quantitative estimate of drug-likeness (QED) is 0.602. The number of hydrogen-bond donors (Lipinski definition) is 1. The van der Waals surface area contributed by atoms with Crippen molar-refractivity contribution in [2.75, 3.05) is 0 Å². The van der Waals surface area contributed by atoms with E-state index < -0.39 is 0 Å². The molecule has 0 radical (unpaired) electrons. The molecule has 6 nitrogen and oxygen atoms in total. The number of hydrogen-bond acceptors (Lipinski definition) is 4. The third-order valence-corrected chi connectivity index (χ3v) is 3.91. The number of furan rings is 1. The maximum atomic E-state index is 12.3. The van der Waals surface area contributed by atoms with Crippen LogP contribution in [0.2, 0.25) is 0 Å². The van der Waals surface area contributed by atoms with Gasteiger partial charge in [0.25, 0.3) is 5.91 Å². The van der Waals surface area contributed by atoms with Gasteiger partial charge in [0.05, 0.1) is 0 Å². The van der Waals surface area contributed by atoms with Gasteiger partial charge in [-0.2, -0.15) is 0 Å². The molecule has 1 aromatic carbocycles. The highest BCUT2D eigenvalue weighted by molar-refractivity contribution is 5.91. The molecule has 3 aromatic heterocycles. The first-order valence-corrected chi connectivity index (χ1v) is 8.17. The van der Waals surface area contributed by atoms with Crippen LogP contribution in [0.4, 0.5) is 0 Å². The lowest BCUT2D eigenvalue weighted by Gasteiger charge is -2.05. The largest absolute Gasteiger partial charge is 0.435 e. The smallest absolute Gasteiger partial charge is 0.287 e. The molecule has 0 aliphatic heterocycles. The molecule has 0 bridgehead atoms. The maximum Gasteiger partial charge on any atom is 0.287 e. The lowest BCUT2D eigenvalue weighted by molar-refractivity contribution is 0.0923. The fourth-order valence-electron chi connectivity index (χ4n) is 2.63. The topological polar surface area (TPSA) is 73.0 Å². The van der Waals surface area contributed by atoms with E-state index in [2.05, 4.69) is 15.3 Å². The second-order valence-corrected chi connectivity index (χ2v) is 5.67. The molecule has 0 fully saturated rings. The van der Waals surface area contributed by atoms with Crippen LogP contribution in [0.15, 0.2) is 83.8 Å². The van der Waals surface area contributed by atoms with Crippen LogP contribution in [-0.2, 0) is 6.54 Å². The summed E-state index contributed by atoms with van der Waals surface area (Å²) in [6, 6.07) is 16.9. The van der Waals surface area contributed by atoms with Crippen LogP contribution in [0.1, 0.15) is 16.1 Å². The van der Waals surface area contributed by atoms with Gasteiger partial charge in [0.15, 0.2) is 5.76 Å². The summed E-state index contributed by atoms with van der Waals surface area (Å²) < 4.78 is 7.51. The Bertz CT molecular complexity index is 1010. The number of amides is 1. The van der Waals surface area contributed by atoms with Crippen molar-refractivity contribution < 1.29 is 9.21 Å². The minimum Gasteiger partial charge on any atom is -0.435 e. The Morgan fingerprint density at radius 1 is 1.04 bits per heavy atom. The zero-order chi connectivity index (χ0) is 17.8. The van der Waals surface area contributed by atoms with E-state index >= 15 is 0 Å². The lowest BCUT2D eigenvalue weighted by atomic mass is 10.2. The third-order valence-electron chi connectivity index (χ3n) is 3.91. The van der Waals surface area contributed by atoms with Gasteiger partial charge in [-0.05, 0) is 23.8 Å². The maximum absolute atomic E-state index is 12.3. The van der Waals surface area contributed by atoms with Crippen LogP contribution in [0.25, 0.3) is 17.3 Å². The average Bonchev–Trinajstić information content (AvgIpc) is 3.37. The zero-order valence-electron chi connectivity index (χ0n) is 13.9. The number of rotatable bonds is 5. The monoisotopic (exact) mass is 344 g/mol. The molecular weight excluding hydrogens is 328 g/mol. The van der Waals surface area contributed by atoms with E-state index in [1.54, 1.807) is 41.5 Å². The lowest BCUT2D eigenvalue weighted by Crippen LogP contribution is -2.22. The molecule has 0 aliphatic rings. The molecule has 0 saturated carbocycles. The molecule has 128 valence electrons. The van der Waals surface area contributed by atoms with E-state index in [-0.39, 0.29) is 11.7 Å². The Hall–Kier alpha value is -3.67. The molecular formula is C20H16N4O2. The second kappa shape index (κ2) is 7.06. The fourth-order valence-corrected chi connectivity index (χ4v) is 2.63. The number of aromatic nitrogens is 3. The summed E-state index contributed by atoms with van der Waals surface area (Å²) in [6.45, 7) is 0.446. The number of carbonyl (C=O) groups excluding carboxylic acids is 1. The van der Waals surface area contributed by atoms with E-state index in [1.807, 2.05) is 42.5 Å². The fraction of sp³-hybridized carbons (Fsp3) is 0.0500. The number of imidazole rings is 1. The average molecular weight is 344 g/mol. The van der Waals surface area contributed by atoms with Crippen molar-refractivity contribution >= 4 is 5.91 Å². The Labute approximate surface area is 150 Å². The molecule has 0 saturated heterocycles. The highest BCUT2D eigenvalue weighted by atomic mass is 16.4. The number of carbonyl (C=O) groups is 1. The normalized spacial score (nSPS) is 10.6. The van der Waals surface area contributed by atoms with Gasteiger partial charge in [-0.25, -0.2) is 4.98 Å². The summed E-state index contributed by atoms with van der Waals surface area (Å²) in [4.78, 5) is 20.8. The number of pyridine rings is 1. The van der Waals surface area contributed by atoms with Gasteiger partial charge < -0.3 is 9.73 Å². The Balaban J connectivity index is 1.52. The summed E-state index contributed by atoms with van der Waals surface area (Å²) >= 11 is 0. The van der Waals surface area contributed by atoms with Crippen molar-refractivity contribution in [3.05, 3.63) is 90.7 Å². The molecule has 0 atom stereocenters. The van der Waals surface area contributed by atoms with Crippen LogP contribution in [0.5, 0.6) is 0 Å². The minimum absolute atomic E-state index is 0.252. The van der Waals surface area contributed by atoms with Gasteiger partial charge in [0.1, 0.15) is 5.82 Å². The first kappa shape index (κ1) is 15.8. The van der Waals surface area contributed by atoms with Gasteiger partial charge >= 0.3 is 0 Å². The molecule has 0 unspecified atom stereocenters. The highest BCUT2D eigenvalue weighted by Crippen LogP contribution is 2.22. The number of nitrogens with zero attached hydrogens (tertiary/aromatic N) is 3. The van der Waals surface area contributed by atoms with Gasteiger partial charge in [-0.15, -0.1) is 0 Å². The SMILES string of the molecule is O=C(NCc1ccccc1)c1ccc(-n2ccnc2-c2cccnc2)o1. The molecule has 4 aromatic rings. The van der Waals surface area contributed by atoms with Crippen molar-refractivity contribution in [3.63, 3.8) is 0 Å². The Kier molecular flexibility index (Phi) is 4.30. The van der Waals surface area contributed by atoms with Crippen LogP contribution in [0.3, 0.4) is 0 Å². The molecule has 1 amide bonds. The van der Waals surface area contributed by atoms with Crippen molar-refractivity contribution in [2.24, 2.45) is 0 Å². The molecule has 3 heterocycles. The summed E-state index contributed by atoms with van der Waals surface area (Å²) in [6.07, 6.45) is 6.90. The van der Waals surface area contributed by atoms with Crippen LogP contribution in [0, 0.1) is 0 Å². The third kappa shape index (κ3) is 3.25. The van der Waals surface area contributed by atoms with Gasteiger partial charge in [-0.3, -0.25) is 14.3 Å². The highest BCUT2D eigenvalue weighted by Gasteiger charge is 2.15. The Morgan fingerprint density at radius 2 is 1.92 bits per heavy atom. The van der Waals surface area contributed by atoms with Crippen molar-refractivity contribution in [1.82, 2.24) is 19.9 Å². The predicted molar refractivity (Wildman–Crippen MR) is 96.7 cm³/mol. The molecule has 26 heavy (non-hydrogen) atoms. The first-order chi connectivity index (χ1) is 12.8. The van der Waals surface area contributed by atoms with Gasteiger partial charge in [0.2, 0.25) is 5.88 Å². The van der Waals surface area contributed by atoms with Crippen LogP contribution in [-0.4, -0.2) is 20.4 Å². The summed E-state index contributed by atoms with van der Waals surface area (Å²) in [7, 11) is 0. The van der Waals surface area contributed by atoms with Crippen molar-refractivity contribution in [2.45, 2.75) is 6.54 Å². The molecule has 1 N–H and O–H groups in total. The van der Waals surface area contributed by atoms with Crippen molar-refractivity contribution in [3.8, 4) is 17.3 Å². The summed E-state index contributed by atoms with van der Waals surface area (Å²) in [5, 5.41) is 2.85. The van der Waals surface area contributed by atoms with E-state index in [4.69, 9.17) is 4.42 Å². The zero-order valence-corrected chi connectivity index (χ0v) is 13.9. The van der Waals surface area contributed by atoms with Crippen LogP contribution >= 0.6 is 0 Å².